The molecule has 3 rings (SSSR count). The second kappa shape index (κ2) is 7.43. The monoisotopic (exact) mass is 355 g/mol. The maximum atomic E-state index is 12.0. The van der Waals surface area contributed by atoms with Gasteiger partial charge in [0, 0.05) is 22.6 Å². The zero-order valence-corrected chi connectivity index (χ0v) is 15.7. The first kappa shape index (κ1) is 18.4. The van der Waals surface area contributed by atoms with Crippen LogP contribution in [0.1, 0.15) is 35.9 Å². The Morgan fingerprint density at radius 2 is 2.00 bits per heavy atom. The van der Waals surface area contributed by atoms with Crippen LogP contribution in [-0.2, 0) is 14.3 Å². The van der Waals surface area contributed by atoms with Crippen LogP contribution < -0.4 is 5.43 Å². The molecule has 1 aliphatic heterocycles. The van der Waals surface area contributed by atoms with E-state index < -0.39 is 5.79 Å². The molecule has 2 aromatic rings. The fourth-order valence-corrected chi connectivity index (χ4v) is 3.25. The summed E-state index contributed by atoms with van der Waals surface area (Å²) >= 11 is 0. The first-order valence-electron chi connectivity index (χ1n) is 8.74. The van der Waals surface area contributed by atoms with Crippen molar-refractivity contribution in [2.75, 3.05) is 13.2 Å². The summed E-state index contributed by atoms with van der Waals surface area (Å²) in [6, 6.07) is 10.4. The number of ether oxygens (including phenoxy) is 2. The lowest BCUT2D eigenvalue weighted by Gasteiger charge is -2.20. The van der Waals surface area contributed by atoms with Crippen LogP contribution in [0.15, 0.2) is 35.4 Å². The van der Waals surface area contributed by atoms with Crippen molar-refractivity contribution in [2.24, 2.45) is 5.10 Å². The normalized spacial score (nSPS) is 16.3. The van der Waals surface area contributed by atoms with Gasteiger partial charge in [-0.3, -0.25) is 4.79 Å². The number of nitrogens with zero attached hydrogens (tertiary/aromatic N) is 2. The summed E-state index contributed by atoms with van der Waals surface area (Å²) in [7, 11) is 0. The van der Waals surface area contributed by atoms with Gasteiger partial charge in [-0.15, -0.1) is 0 Å². The lowest BCUT2D eigenvalue weighted by atomic mass is 10.2. The minimum atomic E-state index is -0.847. The summed E-state index contributed by atoms with van der Waals surface area (Å²) in [6.07, 6.45) is 1.79. The molecule has 0 radical (unpaired) electrons. The number of aromatic nitrogens is 1. The van der Waals surface area contributed by atoms with E-state index in [1.54, 1.807) is 13.1 Å². The Hall–Kier alpha value is -2.44. The molecule has 0 unspecified atom stereocenters. The molecule has 1 amide bonds. The average molecular weight is 355 g/mol. The van der Waals surface area contributed by atoms with Crippen LogP contribution in [-0.4, -0.2) is 35.7 Å². The van der Waals surface area contributed by atoms with Crippen molar-refractivity contribution in [3.63, 3.8) is 0 Å². The fourth-order valence-electron chi connectivity index (χ4n) is 3.25. The van der Waals surface area contributed by atoms with E-state index in [0.29, 0.717) is 13.2 Å². The van der Waals surface area contributed by atoms with Crippen molar-refractivity contribution >= 4 is 12.1 Å². The van der Waals surface area contributed by atoms with E-state index in [4.69, 9.17) is 9.47 Å². The molecule has 1 aromatic carbocycles. The van der Waals surface area contributed by atoms with Crippen LogP contribution in [0.3, 0.4) is 0 Å². The van der Waals surface area contributed by atoms with E-state index in [2.05, 4.69) is 53.2 Å². The van der Waals surface area contributed by atoms with Crippen molar-refractivity contribution in [2.45, 2.75) is 39.9 Å². The van der Waals surface area contributed by atoms with E-state index in [1.165, 1.54) is 5.56 Å². The summed E-state index contributed by atoms with van der Waals surface area (Å²) < 4.78 is 13.0. The quantitative estimate of drug-likeness (QED) is 0.662. The lowest BCUT2D eigenvalue weighted by molar-refractivity contribution is -0.159. The number of hydrazone groups is 1. The zero-order chi connectivity index (χ0) is 18.7. The molecule has 2 heterocycles. The molecule has 1 N–H and O–H groups in total. The lowest BCUT2D eigenvalue weighted by Crippen LogP contribution is -2.33. The van der Waals surface area contributed by atoms with E-state index in [1.807, 2.05) is 13.0 Å². The van der Waals surface area contributed by atoms with Crippen molar-refractivity contribution in [1.82, 2.24) is 9.99 Å². The Kier molecular flexibility index (Phi) is 5.25. The smallest absolute Gasteiger partial charge is 0.245 e. The van der Waals surface area contributed by atoms with Gasteiger partial charge >= 0.3 is 0 Å². The third-order valence-electron chi connectivity index (χ3n) is 4.50. The number of rotatable bonds is 5. The van der Waals surface area contributed by atoms with Gasteiger partial charge in [0.2, 0.25) is 5.91 Å². The maximum absolute atomic E-state index is 12.0. The number of nitrogens with one attached hydrogen (secondary N) is 1. The molecule has 1 fully saturated rings. The second-order valence-electron chi connectivity index (χ2n) is 6.80. The highest BCUT2D eigenvalue weighted by molar-refractivity contribution is 5.84. The predicted octanol–water partition coefficient (Wildman–Crippen LogP) is 3.01. The maximum Gasteiger partial charge on any atom is 0.245 e. The number of benzene rings is 1. The summed E-state index contributed by atoms with van der Waals surface area (Å²) in [5.41, 5.74) is 8.02. The van der Waals surface area contributed by atoms with Crippen molar-refractivity contribution in [3.05, 3.63) is 52.8 Å². The highest BCUT2D eigenvalue weighted by Gasteiger charge is 2.33. The average Bonchev–Trinajstić information content (AvgIpc) is 3.11. The Morgan fingerprint density at radius 1 is 1.27 bits per heavy atom. The number of hydrogen-bond donors (Lipinski definition) is 1. The SMILES string of the molecule is Cc1cccc(-n2c(C)cc(/C=N\NC(=O)CC3(C)OCCO3)c2C)c1. The molecular weight excluding hydrogens is 330 g/mol. The predicted molar refractivity (Wildman–Crippen MR) is 101 cm³/mol. The summed E-state index contributed by atoms with van der Waals surface area (Å²) in [5, 5.41) is 4.09. The third-order valence-corrected chi connectivity index (χ3v) is 4.50. The molecule has 0 bridgehead atoms. The Morgan fingerprint density at radius 3 is 2.69 bits per heavy atom. The molecule has 1 aromatic heterocycles. The third kappa shape index (κ3) is 4.03. The van der Waals surface area contributed by atoms with E-state index >= 15 is 0 Å². The largest absolute Gasteiger partial charge is 0.347 e. The van der Waals surface area contributed by atoms with Crippen molar-refractivity contribution in [1.29, 1.82) is 0 Å². The molecule has 0 saturated carbocycles. The first-order valence-corrected chi connectivity index (χ1v) is 8.74. The highest BCUT2D eigenvalue weighted by Crippen LogP contribution is 2.22. The van der Waals surface area contributed by atoms with Gasteiger partial charge in [0.1, 0.15) is 0 Å². The Balaban J connectivity index is 1.69. The van der Waals surface area contributed by atoms with Crippen LogP contribution in [0.4, 0.5) is 0 Å². The molecule has 0 spiro atoms. The molecular formula is C20H25N3O3. The van der Waals surface area contributed by atoms with Crippen LogP contribution in [0.25, 0.3) is 5.69 Å². The first-order chi connectivity index (χ1) is 12.4. The highest BCUT2D eigenvalue weighted by atomic mass is 16.7. The van der Waals surface area contributed by atoms with Gasteiger partial charge < -0.3 is 14.0 Å². The van der Waals surface area contributed by atoms with Gasteiger partial charge in [0.15, 0.2) is 5.79 Å². The van der Waals surface area contributed by atoms with Gasteiger partial charge in [-0.1, -0.05) is 12.1 Å². The van der Waals surface area contributed by atoms with Crippen LogP contribution in [0, 0.1) is 20.8 Å². The topological polar surface area (TPSA) is 64.9 Å². The molecule has 26 heavy (non-hydrogen) atoms. The zero-order valence-electron chi connectivity index (χ0n) is 15.7. The number of carbonyl (C=O) groups excluding carboxylic acids is 1. The summed E-state index contributed by atoms with van der Waals surface area (Å²) in [5.74, 6) is -1.08. The van der Waals surface area contributed by atoms with E-state index in [9.17, 15) is 4.79 Å². The standard InChI is InChI=1S/C20H25N3O3/c1-14-6-5-7-18(10-14)23-15(2)11-17(16(23)3)13-21-22-19(24)12-20(4)25-8-9-26-20/h5-7,10-11,13H,8-9,12H2,1-4H3,(H,22,24)/b21-13-. The molecule has 6 heteroatoms. The van der Waals surface area contributed by atoms with E-state index in [0.717, 1.165) is 22.6 Å². The minimum absolute atomic E-state index is 0.118. The number of hydrogen-bond acceptors (Lipinski definition) is 4. The summed E-state index contributed by atoms with van der Waals surface area (Å²) in [6.45, 7) is 8.96. The summed E-state index contributed by atoms with van der Waals surface area (Å²) in [4.78, 5) is 12.0. The molecule has 138 valence electrons. The minimum Gasteiger partial charge on any atom is -0.347 e. The molecule has 6 nitrogen and oxygen atoms in total. The Bertz CT molecular complexity index is 833. The van der Waals surface area contributed by atoms with Gasteiger partial charge in [-0.2, -0.15) is 5.10 Å². The Labute approximate surface area is 153 Å². The molecule has 1 aliphatic rings. The van der Waals surface area contributed by atoms with Crippen LogP contribution in [0.2, 0.25) is 0 Å². The van der Waals surface area contributed by atoms with Crippen molar-refractivity contribution in [3.8, 4) is 5.69 Å². The molecule has 0 aliphatic carbocycles. The van der Waals surface area contributed by atoms with Gasteiger partial charge in [0.05, 0.1) is 25.8 Å². The van der Waals surface area contributed by atoms with Crippen LogP contribution >= 0.6 is 0 Å². The molecule has 1 saturated heterocycles. The number of amides is 1. The molecule has 0 atom stereocenters. The van der Waals surface area contributed by atoms with Gasteiger partial charge in [-0.25, -0.2) is 5.43 Å². The van der Waals surface area contributed by atoms with E-state index in [-0.39, 0.29) is 12.3 Å². The number of carbonyl (C=O) groups is 1. The van der Waals surface area contributed by atoms with Crippen LogP contribution in [0.5, 0.6) is 0 Å². The van der Waals surface area contributed by atoms with Crippen molar-refractivity contribution < 1.29 is 14.3 Å². The second-order valence-corrected chi connectivity index (χ2v) is 6.80. The van der Waals surface area contributed by atoms with Gasteiger partial charge in [-0.05, 0) is 51.5 Å². The number of aryl methyl sites for hydroxylation is 2. The van der Waals surface area contributed by atoms with Gasteiger partial charge in [0.25, 0.3) is 0 Å². The fraction of sp³-hybridized carbons (Fsp3) is 0.400.